The number of methoxy groups -OCH3 is 1. The van der Waals surface area contributed by atoms with Gasteiger partial charge in [0.05, 0.1) is 24.9 Å². The summed E-state index contributed by atoms with van der Waals surface area (Å²) in [5.74, 6) is -1.45. The first-order chi connectivity index (χ1) is 10.1. The highest BCUT2D eigenvalue weighted by molar-refractivity contribution is 6.52. The largest absolute Gasteiger partial charge is 0.481 e. The van der Waals surface area contributed by atoms with Crippen LogP contribution < -0.4 is 9.64 Å². The van der Waals surface area contributed by atoms with Crippen molar-refractivity contribution in [3.05, 3.63) is 53.5 Å². The summed E-state index contributed by atoms with van der Waals surface area (Å²) in [4.78, 5) is 29.2. The van der Waals surface area contributed by atoms with Gasteiger partial charge in [-0.15, -0.1) is 0 Å². The third kappa shape index (κ3) is 2.14. The number of hydrogen-bond donors (Lipinski definition) is 0. The fourth-order valence-electron chi connectivity index (χ4n) is 2.32. The minimum absolute atomic E-state index is 0.0953. The van der Waals surface area contributed by atoms with Gasteiger partial charge in [-0.1, -0.05) is 6.07 Å². The van der Waals surface area contributed by atoms with E-state index in [2.05, 4.69) is 4.98 Å². The van der Waals surface area contributed by atoms with Crippen molar-refractivity contribution < 1.29 is 18.7 Å². The van der Waals surface area contributed by atoms with Gasteiger partial charge in [0.15, 0.2) is 0 Å². The van der Waals surface area contributed by atoms with Crippen molar-refractivity contribution in [3.8, 4) is 5.88 Å². The summed E-state index contributed by atoms with van der Waals surface area (Å²) in [6.45, 7) is 0.0953. The number of aromatic nitrogens is 1. The number of ether oxygens (including phenoxy) is 1. The summed E-state index contributed by atoms with van der Waals surface area (Å²) in [7, 11) is 1.47. The van der Waals surface area contributed by atoms with Crippen molar-refractivity contribution in [3.63, 3.8) is 0 Å². The van der Waals surface area contributed by atoms with Crippen molar-refractivity contribution in [1.29, 1.82) is 0 Å². The second kappa shape index (κ2) is 4.97. The molecule has 106 valence electrons. The zero-order chi connectivity index (χ0) is 15.0. The molecular formula is C15H11FN2O3. The van der Waals surface area contributed by atoms with Crippen LogP contribution in [0.5, 0.6) is 5.88 Å². The number of anilines is 1. The Balaban J connectivity index is 2.02. The number of fused-ring (bicyclic) bond motifs is 1. The number of amides is 1. The molecule has 1 aromatic heterocycles. The Morgan fingerprint density at radius 3 is 2.86 bits per heavy atom. The molecule has 0 fully saturated rings. The molecule has 3 rings (SSSR count). The number of benzene rings is 1. The molecule has 21 heavy (non-hydrogen) atoms. The first kappa shape index (κ1) is 13.2. The van der Waals surface area contributed by atoms with E-state index in [1.165, 1.54) is 24.1 Å². The summed E-state index contributed by atoms with van der Waals surface area (Å²) >= 11 is 0. The van der Waals surface area contributed by atoms with Gasteiger partial charge in [-0.05, 0) is 24.3 Å². The lowest BCUT2D eigenvalue weighted by atomic mass is 10.1. The summed E-state index contributed by atoms with van der Waals surface area (Å²) < 4.78 is 18.5. The normalized spacial score (nSPS) is 13.5. The number of carbonyl (C=O) groups excluding carboxylic acids is 2. The fourth-order valence-corrected chi connectivity index (χ4v) is 2.32. The van der Waals surface area contributed by atoms with Gasteiger partial charge < -0.3 is 9.64 Å². The molecule has 1 aliphatic heterocycles. The molecule has 1 aromatic carbocycles. The Morgan fingerprint density at radius 1 is 1.29 bits per heavy atom. The molecule has 0 spiro atoms. The number of carbonyl (C=O) groups is 2. The summed E-state index contributed by atoms with van der Waals surface area (Å²) in [5, 5.41) is 0. The molecule has 0 unspecified atom stereocenters. The lowest BCUT2D eigenvalue weighted by Crippen LogP contribution is -2.29. The van der Waals surface area contributed by atoms with Gasteiger partial charge in [-0.25, -0.2) is 9.37 Å². The summed E-state index contributed by atoms with van der Waals surface area (Å²) in [6.07, 6.45) is 1.56. The monoisotopic (exact) mass is 286 g/mol. The number of nitrogens with zero attached hydrogens (tertiary/aromatic N) is 2. The van der Waals surface area contributed by atoms with Crippen molar-refractivity contribution in [2.45, 2.75) is 6.54 Å². The average Bonchev–Trinajstić information content (AvgIpc) is 2.72. The van der Waals surface area contributed by atoms with Crippen LogP contribution >= 0.6 is 0 Å². The topological polar surface area (TPSA) is 59.5 Å². The number of ketones is 1. The maximum atomic E-state index is 13.4. The zero-order valence-electron chi connectivity index (χ0n) is 11.2. The smallest absolute Gasteiger partial charge is 0.299 e. The van der Waals surface area contributed by atoms with Crippen LogP contribution in [0.1, 0.15) is 15.9 Å². The van der Waals surface area contributed by atoms with E-state index in [9.17, 15) is 14.0 Å². The number of rotatable bonds is 3. The molecule has 2 aromatic rings. The van der Waals surface area contributed by atoms with Gasteiger partial charge in [0.2, 0.25) is 5.88 Å². The Hall–Kier alpha value is -2.76. The van der Waals surface area contributed by atoms with Gasteiger partial charge in [0.25, 0.3) is 11.7 Å². The predicted octanol–water partition coefficient (Wildman–Crippen LogP) is 1.96. The van der Waals surface area contributed by atoms with E-state index in [1.54, 1.807) is 18.3 Å². The predicted molar refractivity (Wildman–Crippen MR) is 72.7 cm³/mol. The van der Waals surface area contributed by atoms with Gasteiger partial charge in [0.1, 0.15) is 5.82 Å². The van der Waals surface area contributed by atoms with Gasteiger partial charge in [0, 0.05) is 11.8 Å². The van der Waals surface area contributed by atoms with Crippen LogP contribution in [0.4, 0.5) is 10.1 Å². The molecular weight excluding hydrogens is 275 g/mol. The molecule has 0 aliphatic carbocycles. The minimum Gasteiger partial charge on any atom is -0.481 e. The van der Waals surface area contributed by atoms with Crippen LogP contribution in [-0.4, -0.2) is 23.8 Å². The Labute approximate surface area is 120 Å². The molecule has 5 nitrogen and oxygen atoms in total. The van der Waals surface area contributed by atoms with E-state index >= 15 is 0 Å². The first-order valence-electron chi connectivity index (χ1n) is 6.25. The van der Waals surface area contributed by atoms with Gasteiger partial charge in [-0.3, -0.25) is 9.59 Å². The SMILES string of the molecule is COc1ncccc1CN1C(=O)C(=O)c2ccc(F)cc21. The van der Waals surface area contributed by atoms with E-state index in [0.717, 1.165) is 6.07 Å². The Bertz CT molecular complexity index is 745. The van der Waals surface area contributed by atoms with Crippen LogP contribution in [0.15, 0.2) is 36.5 Å². The maximum absolute atomic E-state index is 13.4. The van der Waals surface area contributed by atoms with E-state index in [0.29, 0.717) is 11.4 Å². The summed E-state index contributed by atoms with van der Waals surface area (Å²) in [5.41, 5.74) is 1.12. The van der Waals surface area contributed by atoms with Crippen LogP contribution in [0, 0.1) is 5.82 Å². The van der Waals surface area contributed by atoms with E-state index in [1.807, 2.05) is 0 Å². The lowest BCUT2D eigenvalue weighted by Gasteiger charge is -2.17. The maximum Gasteiger partial charge on any atom is 0.299 e. The highest BCUT2D eigenvalue weighted by Gasteiger charge is 2.36. The number of hydrogen-bond acceptors (Lipinski definition) is 4. The molecule has 0 N–H and O–H groups in total. The number of halogens is 1. The molecule has 0 atom stereocenters. The lowest BCUT2D eigenvalue weighted by molar-refractivity contribution is -0.114. The molecule has 0 saturated carbocycles. The van der Waals surface area contributed by atoms with Crippen LogP contribution in [0.2, 0.25) is 0 Å². The van der Waals surface area contributed by atoms with E-state index in [-0.39, 0.29) is 17.8 Å². The quantitative estimate of drug-likeness (QED) is 0.809. The van der Waals surface area contributed by atoms with Crippen molar-refractivity contribution >= 4 is 17.4 Å². The standard InChI is InChI=1S/C15H11FN2O3/c1-21-14-9(3-2-6-17-14)8-18-12-7-10(16)4-5-11(12)13(19)15(18)20/h2-7H,8H2,1H3. The van der Waals surface area contributed by atoms with Crippen molar-refractivity contribution in [1.82, 2.24) is 4.98 Å². The Kier molecular flexibility index (Phi) is 3.13. The van der Waals surface area contributed by atoms with Gasteiger partial charge in [-0.2, -0.15) is 0 Å². The third-order valence-electron chi connectivity index (χ3n) is 3.31. The molecule has 6 heteroatoms. The highest BCUT2D eigenvalue weighted by atomic mass is 19.1. The first-order valence-corrected chi connectivity index (χ1v) is 6.25. The van der Waals surface area contributed by atoms with E-state index < -0.39 is 17.5 Å². The number of pyridine rings is 1. The number of Topliss-reactive ketones (excluding diaryl/α,β-unsaturated/α-hetero) is 1. The van der Waals surface area contributed by atoms with Crippen molar-refractivity contribution in [2.75, 3.05) is 12.0 Å². The van der Waals surface area contributed by atoms with Crippen LogP contribution in [0.25, 0.3) is 0 Å². The third-order valence-corrected chi connectivity index (χ3v) is 3.31. The molecule has 1 aliphatic rings. The molecule has 2 heterocycles. The summed E-state index contributed by atoms with van der Waals surface area (Å²) in [6, 6.07) is 7.11. The average molecular weight is 286 g/mol. The second-order valence-corrected chi connectivity index (χ2v) is 4.55. The highest BCUT2D eigenvalue weighted by Crippen LogP contribution is 2.32. The van der Waals surface area contributed by atoms with E-state index in [4.69, 9.17) is 4.74 Å². The Morgan fingerprint density at radius 2 is 2.10 bits per heavy atom. The minimum atomic E-state index is -0.679. The second-order valence-electron chi connectivity index (χ2n) is 4.55. The van der Waals surface area contributed by atoms with Crippen molar-refractivity contribution in [2.24, 2.45) is 0 Å². The zero-order valence-corrected chi connectivity index (χ0v) is 11.2. The van der Waals surface area contributed by atoms with Crippen LogP contribution in [0.3, 0.4) is 0 Å². The molecule has 0 bridgehead atoms. The molecule has 0 radical (unpaired) electrons. The fraction of sp³-hybridized carbons (Fsp3) is 0.133. The van der Waals surface area contributed by atoms with Gasteiger partial charge >= 0.3 is 0 Å². The molecule has 1 amide bonds. The molecule has 0 saturated heterocycles. The van der Waals surface area contributed by atoms with Crippen LogP contribution in [-0.2, 0) is 11.3 Å².